The predicted molar refractivity (Wildman–Crippen MR) is 72.8 cm³/mol. The molecule has 4 heteroatoms. The molecule has 1 aliphatic rings. The number of halogens is 2. The molecule has 2 atom stereocenters. The van der Waals surface area contributed by atoms with E-state index in [1.54, 1.807) is 11.8 Å². The first-order valence-electron chi connectivity index (χ1n) is 6.44. The standard InChI is InChI=1S/C14H19F2NS/c1-3-4-17-13-5-9(2)18-8-10-6-11(15)7-12(16)14(10)13/h6-7,9,13,17H,3-5,8H2,1-2H3. The first kappa shape index (κ1) is 13.8. The van der Waals surface area contributed by atoms with Crippen molar-refractivity contribution in [2.45, 2.75) is 43.7 Å². The molecule has 1 aromatic carbocycles. The zero-order valence-electron chi connectivity index (χ0n) is 10.8. The molecule has 2 unspecified atom stereocenters. The van der Waals surface area contributed by atoms with Crippen LogP contribution in [0.3, 0.4) is 0 Å². The van der Waals surface area contributed by atoms with Crippen molar-refractivity contribution in [3.05, 3.63) is 34.9 Å². The average molecular weight is 271 g/mol. The van der Waals surface area contributed by atoms with Gasteiger partial charge in [0.05, 0.1) is 0 Å². The van der Waals surface area contributed by atoms with Gasteiger partial charge < -0.3 is 5.32 Å². The molecular weight excluding hydrogens is 252 g/mol. The summed E-state index contributed by atoms with van der Waals surface area (Å²) in [6.45, 7) is 5.09. The molecule has 0 spiro atoms. The van der Waals surface area contributed by atoms with E-state index in [1.165, 1.54) is 6.07 Å². The second-order valence-corrected chi connectivity index (χ2v) is 6.25. The highest BCUT2D eigenvalue weighted by Gasteiger charge is 2.25. The van der Waals surface area contributed by atoms with Gasteiger partial charge in [0.2, 0.25) is 0 Å². The molecule has 1 N–H and O–H groups in total. The van der Waals surface area contributed by atoms with Crippen molar-refractivity contribution < 1.29 is 8.78 Å². The van der Waals surface area contributed by atoms with Gasteiger partial charge >= 0.3 is 0 Å². The van der Waals surface area contributed by atoms with E-state index in [4.69, 9.17) is 0 Å². The Morgan fingerprint density at radius 3 is 2.89 bits per heavy atom. The number of hydrogen-bond donors (Lipinski definition) is 1. The topological polar surface area (TPSA) is 12.0 Å². The number of rotatable bonds is 3. The van der Waals surface area contributed by atoms with Crippen molar-refractivity contribution in [1.29, 1.82) is 0 Å². The monoisotopic (exact) mass is 271 g/mol. The molecule has 100 valence electrons. The fourth-order valence-electron chi connectivity index (χ4n) is 2.40. The third kappa shape index (κ3) is 3.04. The summed E-state index contributed by atoms with van der Waals surface area (Å²) in [5.74, 6) is -0.195. The minimum atomic E-state index is -0.476. The number of nitrogens with one attached hydrogen (secondary N) is 1. The second kappa shape index (κ2) is 6.02. The first-order chi connectivity index (χ1) is 8.61. The molecule has 18 heavy (non-hydrogen) atoms. The van der Waals surface area contributed by atoms with Gasteiger partial charge in [-0.1, -0.05) is 13.8 Å². The highest BCUT2D eigenvalue weighted by atomic mass is 32.2. The fraction of sp³-hybridized carbons (Fsp3) is 0.571. The van der Waals surface area contributed by atoms with Gasteiger partial charge in [0.25, 0.3) is 0 Å². The highest BCUT2D eigenvalue weighted by molar-refractivity contribution is 7.99. The lowest BCUT2D eigenvalue weighted by molar-refractivity contribution is 0.469. The summed E-state index contributed by atoms with van der Waals surface area (Å²) in [6.07, 6.45) is 1.90. The number of hydrogen-bond acceptors (Lipinski definition) is 2. The third-order valence-corrected chi connectivity index (χ3v) is 4.50. The molecule has 0 saturated carbocycles. The van der Waals surface area contributed by atoms with Gasteiger partial charge in [-0.25, -0.2) is 8.78 Å². The normalized spacial score (nSPS) is 23.6. The minimum Gasteiger partial charge on any atom is -0.310 e. The Morgan fingerprint density at radius 2 is 2.17 bits per heavy atom. The Bertz CT molecular complexity index is 423. The van der Waals surface area contributed by atoms with Gasteiger partial charge in [-0.3, -0.25) is 0 Å². The van der Waals surface area contributed by atoms with Gasteiger partial charge in [-0.2, -0.15) is 11.8 Å². The third-order valence-electron chi connectivity index (χ3n) is 3.26. The van der Waals surface area contributed by atoms with E-state index in [2.05, 4.69) is 19.2 Å². The Kier molecular flexibility index (Phi) is 4.62. The van der Waals surface area contributed by atoms with Crippen LogP contribution in [0.15, 0.2) is 12.1 Å². The summed E-state index contributed by atoms with van der Waals surface area (Å²) in [5.41, 5.74) is 1.47. The van der Waals surface area contributed by atoms with Crippen LogP contribution in [0.5, 0.6) is 0 Å². The van der Waals surface area contributed by atoms with E-state index < -0.39 is 11.6 Å². The maximum atomic E-state index is 14.0. The van der Waals surface area contributed by atoms with E-state index in [0.29, 0.717) is 16.6 Å². The molecule has 1 aromatic rings. The second-order valence-electron chi connectivity index (χ2n) is 4.82. The summed E-state index contributed by atoms with van der Waals surface area (Å²) < 4.78 is 27.3. The maximum absolute atomic E-state index is 14.0. The molecule has 1 nitrogen and oxygen atoms in total. The maximum Gasteiger partial charge on any atom is 0.131 e. The van der Waals surface area contributed by atoms with Crippen molar-refractivity contribution in [3.8, 4) is 0 Å². The SMILES string of the molecule is CCCNC1CC(C)SCc2cc(F)cc(F)c21. The highest BCUT2D eigenvalue weighted by Crippen LogP contribution is 2.36. The molecule has 1 heterocycles. The van der Waals surface area contributed by atoms with Crippen molar-refractivity contribution in [1.82, 2.24) is 5.32 Å². The number of benzene rings is 1. The molecule has 0 aromatic heterocycles. The van der Waals surface area contributed by atoms with Crippen LogP contribution < -0.4 is 5.32 Å². The molecule has 1 aliphatic heterocycles. The number of thioether (sulfide) groups is 1. The van der Waals surface area contributed by atoms with Crippen LogP contribution in [0.1, 0.15) is 43.9 Å². The predicted octanol–water partition coefficient (Wildman–Crippen LogP) is 4.03. The molecule has 0 aliphatic carbocycles. The van der Waals surface area contributed by atoms with E-state index in [1.807, 2.05) is 0 Å². The van der Waals surface area contributed by atoms with Crippen LogP contribution in [0.4, 0.5) is 8.78 Å². The summed E-state index contributed by atoms with van der Waals surface area (Å²) in [7, 11) is 0. The van der Waals surface area contributed by atoms with Crippen molar-refractivity contribution in [3.63, 3.8) is 0 Å². The molecule has 0 saturated heterocycles. The lowest BCUT2D eigenvalue weighted by atomic mass is 9.96. The van der Waals surface area contributed by atoms with Crippen molar-refractivity contribution >= 4 is 11.8 Å². The average Bonchev–Trinajstić information content (AvgIpc) is 2.46. The summed E-state index contributed by atoms with van der Waals surface area (Å²) >= 11 is 1.76. The van der Waals surface area contributed by atoms with Gasteiger partial charge in [-0.05, 0) is 31.0 Å². The summed E-state index contributed by atoms with van der Waals surface area (Å²) in [5, 5.41) is 3.84. The molecular formula is C14H19F2NS. The molecule has 0 amide bonds. The van der Waals surface area contributed by atoms with Crippen LogP contribution in [0.25, 0.3) is 0 Å². The Morgan fingerprint density at radius 1 is 1.39 bits per heavy atom. The number of fused-ring (bicyclic) bond motifs is 1. The van der Waals surface area contributed by atoms with E-state index in [9.17, 15) is 8.78 Å². The zero-order chi connectivity index (χ0) is 13.1. The van der Waals surface area contributed by atoms with Gasteiger partial charge in [0, 0.05) is 28.7 Å². The first-order valence-corrected chi connectivity index (χ1v) is 7.49. The Labute approximate surface area is 111 Å². The van der Waals surface area contributed by atoms with Crippen molar-refractivity contribution in [2.75, 3.05) is 6.54 Å². The molecule has 2 rings (SSSR count). The summed E-state index contributed by atoms with van der Waals surface area (Å²) in [6, 6.07) is 2.48. The molecule has 0 fully saturated rings. The van der Waals surface area contributed by atoms with E-state index >= 15 is 0 Å². The van der Waals surface area contributed by atoms with Gasteiger partial charge in [0.1, 0.15) is 11.6 Å². The Hall–Kier alpha value is -0.610. The van der Waals surface area contributed by atoms with Crippen LogP contribution in [0, 0.1) is 11.6 Å². The van der Waals surface area contributed by atoms with Gasteiger partial charge in [-0.15, -0.1) is 0 Å². The zero-order valence-corrected chi connectivity index (χ0v) is 11.6. The lowest BCUT2D eigenvalue weighted by Gasteiger charge is -2.21. The van der Waals surface area contributed by atoms with Crippen LogP contribution in [0.2, 0.25) is 0 Å². The Balaban J connectivity index is 2.36. The van der Waals surface area contributed by atoms with Crippen molar-refractivity contribution in [2.24, 2.45) is 0 Å². The molecule has 0 bridgehead atoms. The lowest BCUT2D eigenvalue weighted by Crippen LogP contribution is -2.25. The fourth-order valence-corrected chi connectivity index (χ4v) is 3.43. The minimum absolute atomic E-state index is 0.00514. The van der Waals surface area contributed by atoms with E-state index in [0.717, 1.165) is 31.0 Å². The summed E-state index contributed by atoms with van der Waals surface area (Å²) in [4.78, 5) is 0. The molecule has 0 radical (unpaired) electrons. The smallest absolute Gasteiger partial charge is 0.131 e. The largest absolute Gasteiger partial charge is 0.310 e. The van der Waals surface area contributed by atoms with E-state index in [-0.39, 0.29) is 6.04 Å². The quantitative estimate of drug-likeness (QED) is 0.890. The van der Waals surface area contributed by atoms with Gasteiger partial charge in [0.15, 0.2) is 0 Å². The van der Waals surface area contributed by atoms with Crippen LogP contribution in [-0.2, 0) is 5.75 Å². The van der Waals surface area contributed by atoms with Crippen LogP contribution >= 0.6 is 11.8 Å². The van der Waals surface area contributed by atoms with Crippen LogP contribution in [-0.4, -0.2) is 11.8 Å².